The Hall–Kier alpha value is -2.08. The van der Waals surface area contributed by atoms with E-state index in [0.29, 0.717) is 25.9 Å². The second-order valence-corrected chi connectivity index (χ2v) is 6.30. The summed E-state index contributed by atoms with van der Waals surface area (Å²) in [5.41, 5.74) is 2.27. The number of carbonyl (C=O) groups is 2. The summed E-state index contributed by atoms with van der Waals surface area (Å²) in [7, 11) is 0. The largest absolute Gasteiger partial charge is 0.376 e. The third-order valence-electron chi connectivity index (χ3n) is 4.56. The first-order valence-electron chi connectivity index (χ1n) is 8.75. The second-order valence-electron chi connectivity index (χ2n) is 6.30. The average molecular weight is 331 g/mol. The van der Waals surface area contributed by atoms with E-state index in [1.165, 1.54) is 5.56 Å². The van der Waals surface area contributed by atoms with E-state index in [2.05, 4.69) is 16.7 Å². The minimum atomic E-state index is -0.190. The van der Waals surface area contributed by atoms with E-state index in [1.807, 2.05) is 23.1 Å². The van der Waals surface area contributed by atoms with Gasteiger partial charge < -0.3 is 20.3 Å². The number of anilines is 1. The van der Waals surface area contributed by atoms with E-state index in [-0.39, 0.29) is 18.0 Å². The fourth-order valence-electron chi connectivity index (χ4n) is 3.25. The van der Waals surface area contributed by atoms with Crippen molar-refractivity contribution < 1.29 is 14.3 Å². The molecule has 0 saturated carbocycles. The molecule has 3 amide bonds. The van der Waals surface area contributed by atoms with Gasteiger partial charge in [-0.15, -0.1) is 0 Å². The first-order chi connectivity index (χ1) is 11.7. The van der Waals surface area contributed by atoms with Gasteiger partial charge in [0.05, 0.1) is 6.10 Å². The van der Waals surface area contributed by atoms with Crippen molar-refractivity contribution in [2.75, 3.05) is 31.1 Å². The van der Waals surface area contributed by atoms with Crippen LogP contribution in [0, 0.1) is 0 Å². The van der Waals surface area contributed by atoms with Crippen molar-refractivity contribution in [2.24, 2.45) is 0 Å². The normalized spacial score (nSPS) is 19.2. The van der Waals surface area contributed by atoms with Crippen LogP contribution >= 0.6 is 0 Å². The molecule has 130 valence electrons. The van der Waals surface area contributed by atoms with Gasteiger partial charge in [0, 0.05) is 38.3 Å². The Morgan fingerprint density at radius 1 is 1.25 bits per heavy atom. The summed E-state index contributed by atoms with van der Waals surface area (Å²) in [4.78, 5) is 25.9. The fourth-order valence-corrected chi connectivity index (χ4v) is 3.25. The molecule has 1 atom stereocenters. The van der Waals surface area contributed by atoms with Crippen LogP contribution in [0.2, 0.25) is 0 Å². The van der Waals surface area contributed by atoms with Crippen LogP contribution < -0.4 is 15.5 Å². The predicted molar refractivity (Wildman–Crippen MR) is 92.1 cm³/mol. The molecule has 6 heteroatoms. The molecule has 0 bridgehead atoms. The second kappa shape index (κ2) is 8.15. The lowest BCUT2D eigenvalue weighted by Gasteiger charge is -2.17. The number of urea groups is 1. The Morgan fingerprint density at radius 3 is 2.96 bits per heavy atom. The number of fused-ring (bicyclic) bond motifs is 1. The van der Waals surface area contributed by atoms with E-state index in [9.17, 15) is 9.59 Å². The van der Waals surface area contributed by atoms with Gasteiger partial charge in [0.1, 0.15) is 0 Å². The lowest BCUT2D eigenvalue weighted by atomic mass is 10.2. The van der Waals surface area contributed by atoms with E-state index < -0.39 is 0 Å². The smallest absolute Gasteiger partial charge is 0.314 e. The average Bonchev–Trinajstić information content (AvgIpc) is 3.26. The van der Waals surface area contributed by atoms with Crippen LogP contribution in [-0.4, -0.2) is 44.3 Å². The molecule has 0 spiro atoms. The Bertz CT molecular complexity index is 585. The maximum atomic E-state index is 12.3. The highest BCUT2D eigenvalue weighted by Gasteiger charge is 2.23. The van der Waals surface area contributed by atoms with Crippen molar-refractivity contribution in [3.05, 3.63) is 29.8 Å². The summed E-state index contributed by atoms with van der Waals surface area (Å²) >= 11 is 0. The third kappa shape index (κ3) is 4.26. The third-order valence-corrected chi connectivity index (χ3v) is 4.56. The van der Waals surface area contributed by atoms with Gasteiger partial charge in [-0.2, -0.15) is 0 Å². The number of carbonyl (C=O) groups excluding carboxylic acids is 2. The molecular formula is C18H25N3O3. The van der Waals surface area contributed by atoms with Crippen molar-refractivity contribution in [1.82, 2.24) is 10.6 Å². The van der Waals surface area contributed by atoms with Crippen LogP contribution in [0.5, 0.6) is 0 Å². The molecule has 0 unspecified atom stereocenters. The maximum absolute atomic E-state index is 12.3. The number of amides is 3. The summed E-state index contributed by atoms with van der Waals surface area (Å²) in [6, 6.07) is 7.85. The molecule has 1 fully saturated rings. The van der Waals surface area contributed by atoms with Crippen LogP contribution in [0.15, 0.2) is 24.3 Å². The summed E-state index contributed by atoms with van der Waals surface area (Å²) in [5.74, 6) is 0.126. The van der Waals surface area contributed by atoms with Gasteiger partial charge in [-0.05, 0) is 37.3 Å². The highest BCUT2D eigenvalue weighted by atomic mass is 16.5. The number of ether oxygens (including phenoxy) is 1. The van der Waals surface area contributed by atoms with E-state index in [1.54, 1.807) is 0 Å². The summed E-state index contributed by atoms with van der Waals surface area (Å²) < 4.78 is 5.45. The van der Waals surface area contributed by atoms with Gasteiger partial charge in [-0.25, -0.2) is 4.79 Å². The minimum Gasteiger partial charge on any atom is -0.376 e. The first-order valence-corrected chi connectivity index (χ1v) is 8.75. The van der Waals surface area contributed by atoms with E-state index >= 15 is 0 Å². The number of para-hydroxylation sites is 1. The van der Waals surface area contributed by atoms with Crippen LogP contribution in [0.3, 0.4) is 0 Å². The minimum absolute atomic E-state index is 0.126. The van der Waals surface area contributed by atoms with Crippen molar-refractivity contribution in [3.8, 4) is 0 Å². The number of nitrogens with zero attached hydrogens (tertiary/aromatic N) is 1. The van der Waals surface area contributed by atoms with Gasteiger partial charge in [0.2, 0.25) is 5.91 Å². The summed E-state index contributed by atoms with van der Waals surface area (Å²) in [5, 5.41) is 5.61. The molecule has 1 aromatic carbocycles. The van der Waals surface area contributed by atoms with Crippen LogP contribution in [0.25, 0.3) is 0 Å². The molecular weight excluding hydrogens is 306 g/mol. The predicted octanol–water partition coefficient (Wildman–Crippen LogP) is 1.83. The molecule has 2 heterocycles. The van der Waals surface area contributed by atoms with E-state index in [0.717, 1.165) is 38.1 Å². The zero-order valence-corrected chi connectivity index (χ0v) is 13.9. The molecule has 0 radical (unpaired) electrons. The van der Waals surface area contributed by atoms with Crippen molar-refractivity contribution in [1.29, 1.82) is 0 Å². The lowest BCUT2D eigenvalue weighted by molar-refractivity contribution is -0.118. The van der Waals surface area contributed by atoms with Crippen LogP contribution in [-0.2, 0) is 16.0 Å². The van der Waals surface area contributed by atoms with Crippen LogP contribution in [0.1, 0.15) is 31.2 Å². The molecule has 2 aliphatic heterocycles. The molecule has 2 aliphatic rings. The first kappa shape index (κ1) is 16.8. The van der Waals surface area contributed by atoms with Gasteiger partial charge in [0.15, 0.2) is 0 Å². The number of benzene rings is 1. The Kier molecular flexibility index (Phi) is 5.69. The standard InChI is InChI=1S/C18H25N3O3/c22-17(21-11-9-14-5-1-2-7-16(14)21)8-3-10-19-18(23)20-13-15-6-4-12-24-15/h1-2,5,7,15H,3-4,6,8-13H2,(H2,19,20,23)/t15-/m1/s1. The quantitative estimate of drug-likeness (QED) is 0.781. The van der Waals surface area contributed by atoms with Gasteiger partial charge in [-0.3, -0.25) is 4.79 Å². The SMILES string of the molecule is O=C(NCCCC(=O)N1CCc2ccccc21)NC[C@H]1CCCO1. The number of hydrogen-bond donors (Lipinski definition) is 2. The summed E-state index contributed by atoms with van der Waals surface area (Å²) in [6.45, 7) is 2.59. The molecule has 1 aromatic rings. The van der Waals surface area contributed by atoms with Gasteiger partial charge in [0.25, 0.3) is 0 Å². The van der Waals surface area contributed by atoms with Gasteiger partial charge in [-0.1, -0.05) is 18.2 Å². The highest BCUT2D eigenvalue weighted by Crippen LogP contribution is 2.27. The number of nitrogens with one attached hydrogen (secondary N) is 2. The molecule has 1 saturated heterocycles. The van der Waals surface area contributed by atoms with Crippen molar-refractivity contribution in [3.63, 3.8) is 0 Å². The molecule has 3 rings (SSSR count). The topological polar surface area (TPSA) is 70.7 Å². The molecule has 6 nitrogen and oxygen atoms in total. The molecule has 24 heavy (non-hydrogen) atoms. The Balaban J connectivity index is 1.32. The highest BCUT2D eigenvalue weighted by molar-refractivity contribution is 5.95. The monoisotopic (exact) mass is 331 g/mol. The molecule has 0 aliphatic carbocycles. The zero-order valence-electron chi connectivity index (χ0n) is 13.9. The van der Waals surface area contributed by atoms with Gasteiger partial charge >= 0.3 is 6.03 Å². The Morgan fingerprint density at radius 2 is 2.12 bits per heavy atom. The Labute approximate surface area is 142 Å². The van der Waals surface area contributed by atoms with E-state index in [4.69, 9.17) is 4.74 Å². The van der Waals surface area contributed by atoms with Crippen molar-refractivity contribution >= 4 is 17.6 Å². The molecule has 2 N–H and O–H groups in total. The maximum Gasteiger partial charge on any atom is 0.314 e. The fraction of sp³-hybridized carbons (Fsp3) is 0.556. The zero-order chi connectivity index (χ0) is 16.8. The molecule has 0 aromatic heterocycles. The van der Waals surface area contributed by atoms with Crippen molar-refractivity contribution in [2.45, 2.75) is 38.2 Å². The summed E-state index contributed by atoms with van der Waals surface area (Å²) in [6.07, 6.45) is 4.23. The number of rotatable bonds is 6. The van der Waals surface area contributed by atoms with Crippen LogP contribution in [0.4, 0.5) is 10.5 Å². The number of hydrogen-bond acceptors (Lipinski definition) is 3. The lowest BCUT2D eigenvalue weighted by Crippen LogP contribution is -2.40.